The summed E-state index contributed by atoms with van der Waals surface area (Å²) in [6, 6.07) is -0.413. The Morgan fingerprint density at radius 1 is 1.47 bits per heavy atom. The van der Waals surface area contributed by atoms with Crippen LogP contribution < -0.4 is 16.4 Å². The van der Waals surface area contributed by atoms with Crippen molar-refractivity contribution < 1.29 is 9.53 Å². The number of amides is 1. The SMILES string of the molecule is Cc1nn(C)c(N2CCOCC2)c1C(N)CC(N)=O. The van der Waals surface area contributed by atoms with Crippen LogP contribution in [0.4, 0.5) is 5.82 Å². The Morgan fingerprint density at radius 2 is 2.11 bits per heavy atom. The van der Waals surface area contributed by atoms with Crippen LogP contribution in [0.25, 0.3) is 0 Å². The van der Waals surface area contributed by atoms with E-state index in [1.165, 1.54) is 0 Å². The average molecular weight is 267 g/mol. The maximum Gasteiger partial charge on any atom is 0.219 e. The minimum Gasteiger partial charge on any atom is -0.378 e. The molecule has 1 fully saturated rings. The summed E-state index contributed by atoms with van der Waals surface area (Å²) in [6.45, 7) is 4.88. The monoisotopic (exact) mass is 267 g/mol. The van der Waals surface area contributed by atoms with E-state index in [0.717, 1.165) is 30.2 Å². The molecule has 2 rings (SSSR count). The molecule has 1 aromatic heterocycles. The number of carbonyl (C=O) groups excluding carboxylic acids is 1. The molecule has 7 heteroatoms. The summed E-state index contributed by atoms with van der Waals surface area (Å²) in [5.41, 5.74) is 13.1. The second-order valence-electron chi connectivity index (χ2n) is 4.82. The average Bonchev–Trinajstić information content (AvgIpc) is 2.64. The highest BCUT2D eigenvalue weighted by molar-refractivity contribution is 5.75. The van der Waals surface area contributed by atoms with Crippen LogP contribution in [0.1, 0.15) is 23.7 Å². The van der Waals surface area contributed by atoms with Crippen LogP contribution >= 0.6 is 0 Å². The van der Waals surface area contributed by atoms with Crippen LogP contribution in [0, 0.1) is 6.92 Å². The lowest BCUT2D eigenvalue weighted by Crippen LogP contribution is -2.38. The molecule has 7 nitrogen and oxygen atoms in total. The van der Waals surface area contributed by atoms with Gasteiger partial charge >= 0.3 is 0 Å². The van der Waals surface area contributed by atoms with Crippen molar-refractivity contribution in [3.8, 4) is 0 Å². The minimum atomic E-state index is -0.413. The van der Waals surface area contributed by atoms with Crippen molar-refractivity contribution in [1.82, 2.24) is 9.78 Å². The zero-order chi connectivity index (χ0) is 14.0. The number of hydrogen-bond acceptors (Lipinski definition) is 5. The van der Waals surface area contributed by atoms with Gasteiger partial charge in [0.2, 0.25) is 5.91 Å². The highest BCUT2D eigenvalue weighted by atomic mass is 16.5. The van der Waals surface area contributed by atoms with E-state index in [4.69, 9.17) is 16.2 Å². The fourth-order valence-electron chi connectivity index (χ4n) is 2.57. The molecule has 2 heterocycles. The third kappa shape index (κ3) is 2.87. The number of carbonyl (C=O) groups is 1. The van der Waals surface area contributed by atoms with Gasteiger partial charge in [0.1, 0.15) is 5.82 Å². The highest BCUT2D eigenvalue weighted by Gasteiger charge is 2.25. The van der Waals surface area contributed by atoms with Gasteiger partial charge < -0.3 is 21.1 Å². The van der Waals surface area contributed by atoms with Crippen LogP contribution in [-0.4, -0.2) is 42.0 Å². The van der Waals surface area contributed by atoms with Crippen molar-refractivity contribution in [3.05, 3.63) is 11.3 Å². The number of hydrogen-bond donors (Lipinski definition) is 2. The topological polar surface area (TPSA) is 99.4 Å². The molecule has 0 saturated carbocycles. The van der Waals surface area contributed by atoms with Gasteiger partial charge in [0.05, 0.1) is 18.9 Å². The number of ether oxygens (including phenoxy) is 1. The maximum absolute atomic E-state index is 11.1. The molecule has 1 unspecified atom stereocenters. The van der Waals surface area contributed by atoms with E-state index in [1.807, 2.05) is 18.7 Å². The molecule has 1 aliphatic heterocycles. The standard InChI is InChI=1S/C12H21N5O2/c1-8-11(9(13)7-10(14)18)12(16(2)15-8)17-3-5-19-6-4-17/h9H,3-7,13H2,1-2H3,(H2,14,18). The van der Waals surface area contributed by atoms with E-state index in [2.05, 4.69) is 10.00 Å². The van der Waals surface area contributed by atoms with E-state index in [9.17, 15) is 4.79 Å². The van der Waals surface area contributed by atoms with E-state index < -0.39 is 11.9 Å². The summed E-state index contributed by atoms with van der Waals surface area (Å²) in [4.78, 5) is 13.3. The van der Waals surface area contributed by atoms with Crippen LogP contribution in [0.15, 0.2) is 0 Å². The number of nitrogens with zero attached hydrogens (tertiary/aromatic N) is 3. The molecule has 0 spiro atoms. The summed E-state index contributed by atoms with van der Waals surface area (Å²) in [5.74, 6) is 0.568. The molecule has 0 aromatic carbocycles. The Labute approximate surface area is 112 Å². The van der Waals surface area contributed by atoms with Crippen LogP contribution in [0.5, 0.6) is 0 Å². The summed E-state index contributed by atoms with van der Waals surface area (Å²) < 4.78 is 7.17. The largest absolute Gasteiger partial charge is 0.378 e. The van der Waals surface area contributed by atoms with Gasteiger partial charge in [0.15, 0.2) is 0 Å². The smallest absolute Gasteiger partial charge is 0.219 e. The summed E-state index contributed by atoms with van der Waals surface area (Å²) in [7, 11) is 1.89. The molecule has 19 heavy (non-hydrogen) atoms. The fraction of sp³-hybridized carbons (Fsp3) is 0.667. The third-order valence-corrected chi connectivity index (χ3v) is 3.34. The molecule has 1 atom stereocenters. The predicted molar refractivity (Wildman–Crippen MR) is 71.7 cm³/mol. The number of anilines is 1. The van der Waals surface area contributed by atoms with Crippen LogP contribution in [-0.2, 0) is 16.6 Å². The van der Waals surface area contributed by atoms with E-state index in [0.29, 0.717) is 13.2 Å². The first-order valence-corrected chi connectivity index (χ1v) is 6.40. The zero-order valence-corrected chi connectivity index (χ0v) is 11.4. The first-order chi connectivity index (χ1) is 9.00. The summed E-state index contributed by atoms with van der Waals surface area (Å²) >= 11 is 0. The molecular formula is C12H21N5O2. The number of morpholine rings is 1. The molecule has 1 saturated heterocycles. The molecule has 1 aliphatic rings. The summed E-state index contributed by atoms with van der Waals surface area (Å²) in [5, 5.41) is 4.42. The molecule has 106 valence electrons. The minimum absolute atomic E-state index is 0.129. The molecule has 1 aromatic rings. The fourth-order valence-corrected chi connectivity index (χ4v) is 2.57. The highest BCUT2D eigenvalue weighted by Crippen LogP contribution is 2.30. The Kier molecular flexibility index (Phi) is 4.06. The summed E-state index contributed by atoms with van der Waals surface area (Å²) in [6.07, 6.45) is 0.129. The second-order valence-corrected chi connectivity index (χ2v) is 4.82. The predicted octanol–water partition coefficient (Wildman–Crippen LogP) is -0.560. The van der Waals surface area contributed by atoms with Crippen molar-refractivity contribution in [2.24, 2.45) is 18.5 Å². The van der Waals surface area contributed by atoms with Gasteiger partial charge in [-0.1, -0.05) is 0 Å². The zero-order valence-electron chi connectivity index (χ0n) is 11.4. The first-order valence-electron chi connectivity index (χ1n) is 6.40. The number of rotatable bonds is 4. The van der Waals surface area contributed by atoms with Gasteiger partial charge in [-0.05, 0) is 6.92 Å². The second kappa shape index (κ2) is 5.58. The molecule has 1 amide bonds. The molecule has 0 radical (unpaired) electrons. The van der Waals surface area contributed by atoms with E-state index in [1.54, 1.807) is 0 Å². The van der Waals surface area contributed by atoms with Gasteiger partial charge in [0.25, 0.3) is 0 Å². The van der Waals surface area contributed by atoms with Crippen molar-refractivity contribution in [1.29, 1.82) is 0 Å². The molecule has 4 N–H and O–H groups in total. The van der Waals surface area contributed by atoms with Gasteiger partial charge in [-0.25, -0.2) is 0 Å². The number of aromatic nitrogens is 2. The quantitative estimate of drug-likeness (QED) is 0.762. The van der Waals surface area contributed by atoms with Crippen molar-refractivity contribution in [3.63, 3.8) is 0 Å². The maximum atomic E-state index is 11.1. The van der Waals surface area contributed by atoms with Crippen molar-refractivity contribution in [2.75, 3.05) is 31.2 Å². The Morgan fingerprint density at radius 3 is 2.68 bits per heavy atom. The molecule has 0 bridgehead atoms. The van der Waals surface area contributed by atoms with Gasteiger partial charge in [-0.3, -0.25) is 9.48 Å². The van der Waals surface area contributed by atoms with Crippen LogP contribution in [0.2, 0.25) is 0 Å². The van der Waals surface area contributed by atoms with E-state index >= 15 is 0 Å². The van der Waals surface area contributed by atoms with Gasteiger partial charge in [-0.15, -0.1) is 0 Å². The van der Waals surface area contributed by atoms with E-state index in [-0.39, 0.29) is 6.42 Å². The lowest BCUT2D eigenvalue weighted by Gasteiger charge is -2.30. The molecule has 0 aliphatic carbocycles. The lowest BCUT2D eigenvalue weighted by atomic mass is 10.0. The number of nitrogens with two attached hydrogens (primary N) is 2. The Hall–Kier alpha value is -1.60. The van der Waals surface area contributed by atoms with Crippen molar-refractivity contribution >= 4 is 11.7 Å². The normalized spacial score (nSPS) is 17.5. The van der Waals surface area contributed by atoms with Crippen molar-refractivity contribution in [2.45, 2.75) is 19.4 Å². The van der Waals surface area contributed by atoms with Gasteiger partial charge in [0, 0.05) is 38.2 Å². The van der Waals surface area contributed by atoms with Crippen LogP contribution in [0.3, 0.4) is 0 Å². The molecular weight excluding hydrogens is 246 g/mol. The Bertz CT molecular complexity index is 465. The first kappa shape index (κ1) is 13.8. The number of aryl methyl sites for hydroxylation is 2. The lowest BCUT2D eigenvalue weighted by molar-refractivity contribution is -0.118. The third-order valence-electron chi connectivity index (χ3n) is 3.34. The Balaban J connectivity index is 2.33. The number of primary amides is 1. The van der Waals surface area contributed by atoms with Gasteiger partial charge in [-0.2, -0.15) is 5.10 Å².